The van der Waals surface area contributed by atoms with E-state index < -0.39 is 0 Å². The van der Waals surface area contributed by atoms with E-state index in [1.807, 2.05) is 26.7 Å². The maximum Gasteiger partial charge on any atom is 0.106 e. The normalized spacial score (nSPS) is 12.7. The summed E-state index contributed by atoms with van der Waals surface area (Å²) in [6.07, 6.45) is 0. The van der Waals surface area contributed by atoms with Gasteiger partial charge in [-0.05, 0) is 37.6 Å². The Morgan fingerprint density at radius 1 is 0.963 bits per heavy atom. The summed E-state index contributed by atoms with van der Waals surface area (Å²) in [5, 5.41) is 3.60. The summed E-state index contributed by atoms with van der Waals surface area (Å²) in [6.45, 7) is 13.8. The molecule has 0 spiro atoms. The van der Waals surface area contributed by atoms with E-state index in [-0.39, 0.29) is 0 Å². The fourth-order valence-electron chi connectivity index (χ4n) is 2.84. The van der Waals surface area contributed by atoms with Crippen LogP contribution in [0.25, 0.3) is 5.70 Å². The van der Waals surface area contributed by atoms with Gasteiger partial charge in [0.15, 0.2) is 0 Å². The lowest BCUT2D eigenvalue weighted by atomic mass is 10.1. The van der Waals surface area contributed by atoms with E-state index in [4.69, 9.17) is 9.53 Å². The number of anilines is 2. The molecule has 3 rings (SSSR count). The largest absolute Gasteiger partial charge is 0.378 e. The van der Waals surface area contributed by atoms with Crippen LogP contribution < -0.4 is 10.2 Å². The van der Waals surface area contributed by atoms with Crippen LogP contribution in [0.1, 0.15) is 33.3 Å². The van der Waals surface area contributed by atoms with Crippen molar-refractivity contribution < 1.29 is 9.53 Å². The monoisotopic (exact) mass is 368 g/mol. The topological polar surface area (TPSA) is 41.6 Å². The van der Waals surface area contributed by atoms with Gasteiger partial charge < -0.3 is 19.7 Å². The minimum atomic E-state index is 0.806. The number of benzene rings is 2. The van der Waals surface area contributed by atoms with Gasteiger partial charge in [-0.1, -0.05) is 55.8 Å². The lowest BCUT2D eigenvalue weighted by Gasteiger charge is -2.29. The molecule has 0 bridgehead atoms. The summed E-state index contributed by atoms with van der Waals surface area (Å²) in [7, 11) is 0. The highest BCUT2D eigenvalue weighted by molar-refractivity contribution is 5.79. The van der Waals surface area contributed by atoms with Crippen LogP contribution in [0, 0.1) is 0 Å². The number of carbonyl (C=O) groups excluding carboxylic acids is 1. The molecule has 1 aliphatic rings. The predicted octanol–water partition coefficient (Wildman–Crippen LogP) is 5.23. The van der Waals surface area contributed by atoms with Gasteiger partial charge in [0.1, 0.15) is 6.79 Å². The Labute approximate surface area is 163 Å². The van der Waals surface area contributed by atoms with Gasteiger partial charge in [0, 0.05) is 30.2 Å². The SMILES string of the molecule is C=O.CC.CC(C)=C(Nc1cccc(N2CCOCC2)c1)c1ccccc1. The summed E-state index contributed by atoms with van der Waals surface area (Å²) in [5.41, 5.74) is 6.02. The molecule has 27 heavy (non-hydrogen) atoms. The predicted molar refractivity (Wildman–Crippen MR) is 116 cm³/mol. The van der Waals surface area contributed by atoms with E-state index in [1.165, 1.54) is 22.5 Å². The van der Waals surface area contributed by atoms with Crippen LogP contribution in [0.4, 0.5) is 11.4 Å². The van der Waals surface area contributed by atoms with Crippen LogP contribution in [0.3, 0.4) is 0 Å². The number of nitrogens with one attached hydrogen (secondary N) is 1. The smallest absolute Gasteiger partial charge is 0.106 e. The first-order valence-electron chi connectivity index (χ1n) is 9.45. The maximum absolute atomic E-state index is 8.00. The van der Waals surface area contributed by atoms with Crippen molar-refractivity contribution in [3.05, 3.63) is 65.7 Å². The van der Waals surface area contributed by atoms with Crippen molar-refractivity contribution in [2.45, 2.75) is 27.7 Å². The number of rotatable bonds is 4. The molecule has 0 saturated carbocycles. The molecule has 0 radical (unpaired) electrons. The van der Waals surface area contributed by atoms with Gasteiger partial charge in [0.2, 0.25) is 0 Å². The van der Waals surface area contributed by atoms with Crippen molar-refractivity contribution >= 4 is 23.9 Å². The highest BCUT2D eigenvalue weighted by Crippen LogP contribution is 2.25. The molecular formula is C23H32N2O2. The lowest BCUT2D eigenvalue weighted by molar-refractivity contribution is -0.0979. The summed E-state index contributed by atoms with van der Waals surface area (Å²) in [5.74, 6) is 0. The summed E-state index contributed by atoms with van der Waals surface area (Å²) >= 11 is 0. The zero-order chi connectivity index (χ0) is 20.1. The first kappa shape index (κ1) is 22.5. The van der Waals surface area contributed by atoms with Gasteiger partial charge in [-0.3, -0.25) is 0 Å². The second kappa shape index (κ2) is 12.7. The van der Waals surface area contributed by atoms with Crippen LogP contribution in [0.2, 0.25) is 0 Å². The van der Waals surface area contributed by atoms with Gasteiger partial charge in [0.05, 0.1) is 13.2 Å². The van der Waals surface area contributed by atoms with Crippen LogP contribution in [-0.2, 0) is 9.53 Å². The molecule has 1 heterocycles. The minimum absolute atomic E-state index is 0.806. The molecule has 1 aliphatic heterocycles. The average Bonchev–Trinajstić information content (AvgIpc) is 2.76. The molecular weight excluding hydrogens is 336 g/mol. The highest BCUT2D eigenvalue weighted by Gasteiger charge is 2.12. The minimum Gasteiger partial charge on any atom is -0.378 e. The van der Waals surface area contributed by atoms with Crippen LogP contribution in [-0.4, -0.2) is 33.1 Å². The third-order valence-corrected chi connectivity index (χ3v) is 4.05. The Bertz CT molecular complexity index is 689. The second-order valence-electron chi connectivity index (χ2n) is 6.02. The van der Waals surface area contributed by atoms with Gasteiger partial charge in [0.25, 0.3) is 0 Å². The molecule has 0 aromatic heterocycles. The molecule has 1 N–H and O–H groups in total. The number of hydrogen-bond donors (Lipinski definition) is 1. The molecule has 146 valence electrons. The first-order chi connectivity index (χ1) is 13.2. The van der Waals surface area contributed by atoms with Crippen molar-refractivity contribution in [1.82, 2.24) is 0 Å². The Kier molecular flexibility index (Phi) is 10.6. The number of morpholine rings is 1. The summed E-state index contributed by atoms with van der Waals surface area (Å²) in [4.78, 5) is 10.4. The number of carbonyl (C=O) groups is 1. The van der Waals surface area contributed by atoms with Crippen molar-refractivity contribution in [2.24, 2.45) is 0 Å². The van der Waals surface area contributed by atoms with Gasteiger partial charge in [-0.25, -0.2) is 0 Å². The van der Waals surface area contributed by atoms with E-state index in [2.05, 4.69) is 72.6 Å². The molecule has 0 aliphatic carbocycles. The Balaban J connectivity index is 0.000000855. The summed E-state index contributed by atoms with van der Waals surface area (Å²) < 4.78 is 5.44. The quantitative estimate of drug-likeness (QED) is 0.802. The van der Waals surface area contributed by atoms with Gasteiger partial charge in [-0.2, -0.15) is 0 Å². The molecule has 0 unspecified atom stereocenters. The van der Waals surface area contributed by atoms with E-state index in [0.717, 1.165) is 32.0 Å². The molecule has 2 aromatic carbocycles. The summed E-state index contributed by atoms with van der Waals surface area (Å²) in [6, 6.07) is 19.1. The van der Waals surface area contributed by atoms with Crippen LogP contribution in [0.5, 0.6) is 0 Å². The Morgan fingerprint density at radius 2 is 1.59 bits per heavy atom. The van der Waals surface area contributed by atoms with E-state index in [0.29, 0.717) is 0 Å². The fourth-order valence-corrected chi connectivity index (χ4v) is 2.84. The second-order valence-corrected chi connectivity index (χ2v) is 6.02. The molecule has 4 heteroatoms. The molecule has 0 atom stereocenters. The lowest BCUT2D eigenvalue weighted by Crippen LogP contribution is -2.36. The zero-order valence-corrected chi connectivity index (χ0v) is 17.0. The van der Waals surface area contributed by atoms with E-state index in [9.17, 15) is 0 Å². The van der Waals surface area contributed by atoms with Crippen LogP contribution in [0.15, 0.2) is 60.2 Å². The number of allylic oxidation sites excluding steroid dienone is 1. The molecule has 1 saturated heterocycles. The zero-order valence-electron chi connectivity index (χ0n) is 17.0. The third kappa shape index (κ3) is 6.91. The van der Waals surface area contributed by atoms with Crippen molar-refractivity contribution in [3.8, 4) is 0 Å². The number of nitrogens with zero attached hydrogens (tertiary/aromatic N) is 1. The number of hydrogen-bond acceptors (Lipinski definition) is 4. The van der Waals surface area contributed by atoms with E-state index in [1.54, 1.807) is 0 Å². The number of ether oxygens (including phenoxy) is 1. The highest BCUT2D eigenvalue weighted by atomic mass is 16.5. The molecule has 4 nitrogen and oxygen atoms in total. The fraction of sp³-hybridized carbons (Fsp3) is 0.348. The Hall–Kier alpha value is -2.59. The molecule has 0 amide bonds. The van der Waals surface area contributed by atoms with Crippen molar-refractivity contribution in [1.29, 1.82) is 0 Å². The van der Waals surface area contributed by atoms with Gasteiger partial charge >= 0.3 is 0 Å². The van der Waals surface area contributed by atoms with Gasteiger partial charge in [-0.15, -0.1) is 0 Å². The van der Waals surface area contributed by atoms with E-state index >= 15 is 0 Å². The Morgan fingerprint density at radius 3 is 2.19 bits per heavy atom. The van der Waals surface area contributed by atoms with Crippen molar-refractivity contribution in [3.63, 3.8) is 0 Å². The van der Waals surface area contributed by atoms with Crippen LogP contribution >= 0.6 is 0 Å². The maximum atomic E-state index is 8.00. The third-order valence-electron chi connectivity index (χ3n) is 4.05. The molecule has 2 aromatic rings. The molecule has 1 fully saturated rings. The average molecular weight is 369 g/mol. The standard InChI is InChI=1S/C20H24N2O.C2H6.CH2O/c1-16(2)20(17-7-4-3-5-8-17)21-18-9-6-10-19(15-18)22-11-13-23-14-12-22;2*1-2/h3-10,15,21H,11-14H2,1-2H3;1-2H3;1H2. The van der Waals surface area contributed by atoms with Crippen molar-refractivity contribution in [2.75, 3.05) is 36.5 Å². The first-order valence-corrected chi connectivity index (χ1v) is 9.45.